The van der Waals surface area contributed by atoms with Gasteiger partial charge in [0.05, 0.1) is 5.69 Å². The van der Waals surface area contributed by atoms with Gasteiger partial charge in [-0.15, -0.1) is 0 Å². The Morgan fingerprint density at radius 2 is 0.860 bits per heavy atom. The number of anilines is 3. The van der Waals surface area contributed by atoms with Gasteiger partial charge in [-0.25, -0.2) is 0 Å². The molecule has 0 aliphatic rings. The topological polar surface area (TPSA) is 16.4 Å². The lowest BCUT2D eigenvalue weighted by atomic mass is 9.96. The molecule has 1 aromatic heterocycles. The van der Waals surface area contributed by atoms with Crippen LogP contribution in [0.5, 0.6) is 0 Å². The Morgan fingerprint density at radius 3 is 1.64 bits per heavy atom. The third kappa shape index (κ3) is 5.53. The SMILES string of the molecule is c1ccc(-c2ccc(-c3ccccc3N(c3ccc(-c4ccccc4-c4cc5ccccc5o4)cc3)c3ccc4ccccc4c3)cc2)cc1. The first-order chi connectivity index (χ1) is 24.8. The minimum atomic E-state index is 0.871. The molecule has 9 rings (SSSR count). The third-order valence-corrected chi connectivity index (χ3v) is 9.49. The Hall–Kier alpha value is -6.64. The summed E-state index contributed by atoms with van der Waals surface area (Å²) in [4.78, 5) is 2.38. The van der Waals surface area contributed by atoms with Crippen LogP contribution in [0.3, 0.4) is 0 Å². The maximum absolute atomic E-state index is 6.31. The maximum Gasteiger partial charge on any atom is 0.136 e. The maximum atomic E-state index is 6.31. The molecule has 2 heteroatoms. The molecule has 9 aromatic rings. The van der Waals surface area contributed by atoms with E-state index in [0.29, 0.717) is 0 Å². The minimum Gasteiger partial charge on any atom is -0.456 e. The van der Waals surface area contributed by atoms with E-state index in [1.807, 2.05) is 18.2 Å². The summed E-state index contributed by atoms with van der Waals surface area (Å²) in [7, 11) is 0. The molecule has 0 spiro atoms. The van der Waals surface area contributed by atoms with Crippen molar-refractivity contribution in [1.82, 2.24) is 0 Å². The molecule has 0 bridgehead atoms. The number of furan rings is 1. The van der Waals surface area contributed by atoms with E-state index in [9.17, 15) is 0 Å². The van der Waals surface area contributed by atoms with E-state index in [1.54, 1.807) is 0 Å². The fourth-order valence-corrected chi connectivity index (χ4v) is 6.98. The molecular weight excluding hydrogens is 607 g/mol. The summed E-state index contributed by atoms with van der Waals surface area (Å²) in [6.07, 6.45) is 0. The Morgan fingerprint density at radius 1 is 0.320 bits per heavy atom. The van der Waals surface area contributed by atoms with E-state index in [2.05, 4.69) is 187 Å². The van der Waals surface area contributed by atoms with Crippen LogP contribution in [-0.4, -0.2) is 0 Å². The van der Waals surface area contributed by atoms with Crippen LogP contribution in [0.2, 0.25) is 0 Å². The van der Waals surface area contributed by atoms with Gasteiger partial charge < -0.3 is 9.32 Å². The van der Waals surface area contributed by atoms with Crippen molar-refractivity contribution in [3.05, 3.63) is 200 Å². The summed E-state index contributed by atoms with van der Waals surface area (Å²) in [5.41, 5.74) is 12.3. The number of nitrogens with zero attached hydrogens (tertiary/aromatic N) is 1. The van der Waals surface area contributed by atoms with Gasteiger partial charge in [0.2, 0.25) is 0 Å². The lowest BCUT2D eigenvalue weighted by molar-refractivity contribution is 0.632. The quantitative estimate of drug-likeness (QED) is 0.173. The zero-order valence-corrected chi connectivity index (χ0v) is 27.4. The summed E-state index contributed by atoms with van der Waals surface area (Å²) in [6, 6.07) is 71.1. The molecule has 236 valence electrons. The lowest BCUT2D eigenvalue weighted by Crippen LogP contribution is -2.11. The van der Waals surface area contributed by atoms with Gasteiger partial charge in [-0.3, -0.25) is 0 Å². The highest BCUT2D eigenvalue weighted by Crippen LogP contribution is 2.43. The van der Waals surface area contributed by atoms with Crippen molar-refractivity contribution < 1.29 is 4.42 Å². The Balaban J connectivity index is 1.15. The summed E-state index contributed by atoms with van der Waals surface area (Å²) >= 11 is 0. The Bertz CT molecular complexity index is 2550. The number of benzene rings is 8. The molecule has 8 aromatic carbocycles. The van der Waals surface area contributed by atoms with Gasteiger partial charge in [0, 0.05) is 27.9 Å². The van der Waals surface area contributed by atoms with Crippen LogP contribution in [0.25, 0.3) is 66.4 Å². The minimum absolute atomic E-state index is 0.871. The molecule has 50 heavy (non-hydrogen) atoms. The van der Waals surface area contributed by atoms with Crippen LogP contribution in [0.4, 0.5) is 17.1 Å². The Labute approximate surface area is 292 Å². The van der Waals surface area contributed by atoms with Crippen molar-refractivity contribution in [2.24, 2.45) is 0 Å². The van der Waals surface area contributed by atoms with Crippen molar-refractivity contribution in [3.8, 4) is 44.7 Å². The van der Waals surface area contributed by atoms with Gasteiger partial charge in [0.25, 0.3) is 0 Å². The first-order valence-electron chi connectivity index (χ1n) is 17.0. The summed E-state index contributed by atoms with van der Waals surface area (Å²) in [5.74, 6) is 0.871. The van der Waals surface area contributed by atoms with Crippen molar-refractivity contribution >= 4 is 38.8 Å². The van der Waals surface area contributed by atoms with Crippen LogP contribution in [0.15, 0.2) is 205 Å². The standard InChI is InChI=1S/C48H33NO/c1-2-12-34(13-3-1)36-22-24-38(25-23-36)44-18-9-10-20-46(44)49(42-31-26-35-14-4-5-15-39(35)32-42)41-29-27-37(28-30-41)43-17-7-8-19-45(43)48-33-40-16-6-11-21-47(40)50-48/h1-33H. The second-order valence-corrected chi connectivity index (χ2v) is 12.6. The van der Waals surface area contributed by atoms with Crippen molar-refractivity contribution in [1.29, 1.82) is 0 Å². The number of fused-ring (bicyclic) bond motifs is 2. The van der Waals surface area contributed by atoms with Crippen molar-refractivity contribution in [2.45, 2.75) is 0 Å². The average Bonchev–Trinajstić information content (AvgIpc) is 3.63. The molecule has 1 heterocycles. The highest BCUT2D eigenvalue weighted by Gasteiger charge is 2.19. The third-order valence-electron chi connectivity index (χ3n) is 9.49. The fraction of sp³-hybridized carbons (Fsp3) is 0. The number of rotatable bonds is 7. The van der Waals surface area contributed by atoms with Crippen LogP contribution in [0, 0.1) is 0 Å². The molecule has 0 radical (unpaired) electrons. The molecule has 0 N–H and O–H groups in total. The molecule has 0 fully saturated rings. The second kappa shape index (κ2) is 12.8. The molecule has 0 saturated carbocycles. The average molecular weight is 640 g/mol. The fourth-order valence-electron chi connectivity index (χ4n) is 6.98. The molecular formula is C48H33NO. The van der Waals surface area contributed by atoms with Gasteiger partial charge in [-0.05, 0) is 81.1 Å². The van der Waals surface area contributed by atoms with Crippen LogP contribution >= 0.6 is 0 Å². The van der Waals surface area contributed by atoms with Gasteiger partial charge in [-0.1, -0.05) is 158 Å². The normalized spacial score (nSPS) is 11.2. The molecule has 2 nitrogen and oxygen atoms in total. The number of hydrogen-bond donors (Lipinski definition) is 0. The molecule has 0 saturated heterocycles. The van der Waals surface area contributed by atoms with Crippen molar-refractivity contribution in [3.63, 3.8) is 0 Å². The van der Waals surface area contributed by atoms with E-state index < -0.39 is 0 Å². The van der Waals surface area contributed by atoms with Gasteiger partial charge >= 0.3 is 0 Å². The zero-order valence-electron chi connectivity index (χ0n) is 27.4. The van der Waals surface area contributed by atoms with E-state index in [0.717, 1.165) is 50.5 Å². The largest absolute Gasteiger partial charge is 0.456 e. The van der Waals surface area contributed by atoms with E-state index in [4.69, 9.17) is 4.42 Å². The first kappa shape index (κ1) is 29.5. The zero-order chi connectivity index (χ0) is 33.3. The van der Waals surface area contributed by atoms with E-state index in [-0.39, 0.29) is 0 Å². The van der Waals surface area contributed by atoms with Gasteiger partial charge in [-0.2, -0.15) is 0 Å². The predicted octanol–water partition coefficient (Wildman–Crippen LogP) is 13.7. The van der Waals surface area contributed by atoms with Crippen molar-refractivity contribution in [2.75, 3.05) is 4.90 Å². The number of hydrogen-bond acceptors (Lipinski definition) is 2. The summed E-state index contributed by atoms with van der Waals surface area (Å²) in [6.45, 7) is 0. The number of para-hydroxylation sites is 2. The second-order valence-electron chi connectivity index (χ2n) is 12.6. The van der Waals surface area contributed by atoms with Gasteiger partial charge in [0.15, 0.2) is 0 Å². The summed E-state index contributed by atoms with van der Waals surface area (Å²) < 4.78 is 6.31. The van der Waals surface area contributed by atoms with Gasteiger partial charge in [0.1, 0.15) is 11.3 Å². The molecule has 0 aliphatic carbocycles. The van der Waals surface area contributed by atoms with Crippen LogP contribution in [0.1, 0.15) is 0 Å². The highest BCUT2D eigenvalue weighted by molar-refractivity contribution is 5.94. The van der Waals surface area contributed by atoms with E-state index >= 15 is 0 Å². The summed E-state index contributed by atoms with van der Waals surface area (Å²) in [5, 5.41) is 3.53. The smallest absolute Gasteiger partial charge is 0.136 e. The monoisotopic (exact) mass is 639 g/mol. The Kier molecular flexibility index (Phi) is 7.53. The first-order valence-corrected chi connectivity index (χ1v) is 17.0. The molecule has 0 unspecified atom stereocenters. The van der Waals surface area contributed by atoms with E-state index in [1.165, 1.54) is 33.0 Å². The predicted molar refractivity (Wildman–Crippen MR) is 210 cm³/mol. The lowest BCUT2D eigenvalue weighted by Gasteiger charge is -2.28. The molecule has 0 amide bonds. The van der Waals surface area contributed by atoms with Crippen LogP contribution < -0.4 is 4.90 Å². The molecule has 0 atom stereocenters. The van der Waals surface area contributed by atoms with Crippen LogP contribution in [-0.2, 0) is 0 Å². The highest BCUT2D eigenvalue weighted by atomic mass is 16.3. The molecule has 0 aliphatic heterocycles.